The van der Waals surface area contributed by atoms with Crippen LogP contribution in [0.25, 0.3) is 0 Å². The molecule has 0 radical (unpaired) electrons. The zero-order chi connectivity index (χ0) is 15.6. The first-order valence-corrected chi connectivity index (χ1v) is 7.45. The van der Waals surface area contributed by atoms with Crippen molar-refractivity contribution in [1.82, 2.24) is 14.7 Å². The number of carbonyl (C=O) groups is 1. The second-order valence-corrected chi connectivity index (χ2v) is 6.33. The normalized spacial score (nSPS) is 25.5. The fraction of sp³-hybridized carbons (Fsp3) is 0.733. The molecule has 1 fully saturated rings. The van der Waals surface area contributed by atoms with Crippen molar-refractivity contribution in [3.05, 3.63) is 11.9 Å². The van der Waals surface area contributed by atoms with Gasteiger partial charge in [-0.15, -0.1) is 0 Å². The molecule has 0 bridgehead atoms. The largest absolute Gasteiger partial charge is 0.493 e. The average molecular weight is 294 g/mol. The van der Waals surface area contributed by atoms with Gasteiger partial charge in [0.05, 0.1) is 19.9 Å². The number of carbonyl (C=O) groups excluding carboxylic acids is 1. The van der Waals surface area contributed by atoms with Crippen LogP contribution in [0, 0.1) is 5.41 Å². The Labute approximate surface area is 126 Å². The highest BCUT2D eigenvalue weighted by molar-refractivity contribution is 6.01. The van der Waals surface area contributed by atoms with Gasteiger partial charge in [0.15, 0.2) is 11.5 Å². The van der Waals surface area contributed by atoms with E-state index in [2.05, 4.69) is 10.00 Å². The van der Waals surface area contributed by atoms with Gasteiger partial charge in [-0.05, 0) is 26.9 Å². The summed E-state index contributed by atoms with van der Waals surface area (Å²) in [7, 11) is 5.56. The lowest BCUT2D eigenvalue weighted by Gasteiger charge is -2.27. The monoisotopic (exact) mass is 294 g/mol. The molecule has 6 nitrogen and oxygen atoms in total. The highest BCUT2D eigenvalue weighted by Crippen LogP contribution is 2.41. The van der Waals surface area contributed by atoms with Gasteiger partial charge in [-0.1, -0.05) is 13.3 Å². The third-order valence-corrected chi connectivity index (χ3v) is 4.55. The van der Waals surface area contributed by atoms with E-state index in [1.165, 1.54) is 0 Å². The Morgan fingerprint density at radius 1 is 1.62 bits per heavy atom. The molecule has 2 unspecified atom stereocenters. The van der Waals surface area contributed by atoms with Crippen LogP contribution >= 0.6 is 0 Å². The Bertz CT molecular complexity index is 512. The Balaban J connectivity index is 2.32. The van der Waals surface area contributed by atoms with Crippen LogP contribution in [0.3, 0.4) is 0 Å². The van der Waals surface area contributed by atoms with Gasteiger partial charge in [-0.3, -0.25) is 9.48 Å². The second kappa shape index (κ2) is 6.15. The van der Waals surface area contributed by atoms with Gasteiger partial charge in [0, 0.05) is 18.0 Å². The van der Waals surface area contributed by atoms with E-state index < -0.39 is 5.41 Å². The van der Waals surface area contributed by atoms with Crippen LogP contribution in [0.2, 0.25) is 0 Å². The van der Waals surface area contributed by atoms with E-state index in [4.69, 9.17) is 10.5 Å². The fourth-order valence-corrected chi connectivity index (χ4v) is 2.96. The average Bonchev–Trinajstić information content (AvgIpc) is 3.00. The highest BCUT2D eigenvalue weighted by atomic mass is 16.5. The van der Waals surface area contributed by atoms with Gasteiger partial charge >= 0.3 is 0 Å². The zero-order valence-corrected chi connectivity index (χ0v) is 13.4. The molecule has 1 aliphatic carbocycles. The Morgan fingerprint density at radius 3 is 2.86 bits per heavy atom. The van der Waals surface area contributed by atoms with Crippen molar-refractivity contribution >= 4 is 5.78 Å². The van der Waals surface area contributed by atoms with Gasteiger partial charge in [0.2, 0.25) is 0 Å². The molecule has 0 amide bonds. The number of nitrogens with zero attached hydrogens (tertiary/aromatic N) is 3. The van der Waals surface area contributed by atoms with Crippen molar-refractivity contribution in [1.29, 1.82) is 0 Å². The summed E-state index contributed by atoms with van der Waals surface area (Å²) in [5, 5.41) is 4.31. The molecule has 1 aliphatic rings. The molecule has 0 saturated heterocycles. The number of ketones is 1. The molecule has 1 aromatic rings. The summed E-state index contributed by atoms with van der Waals surface area (Å²) in [6.45, 7) is 3.44. The maximum absolute atomic E-state index is 13.1. The molecule has 0 spiro atoms. The summed E-state index contributed by atoms with van der Waals surface area (Å²) < 4.78 is 7.08. The van der Waals surface area contributed by atoms with Crippen LogP contribution in [-0.4, -0.2) is 54.3 Å². The topological polar surface area (TPSA) is 73.4 Å². The van der Waals surface area contributed by atoms with Crippen LogP contribution in [0.4, 0.5) is 0 Å². The molecule has 2 N–H and O–H groups in total. The van der Waals surface area contributed by atoms with E-state index in [1.54, 1.807) is 18.0 Å². The Morgan fingerprint density at radius 2 is 2.33 bits per heavy atom. The quantitative estimate of drug-likeness (QED) is 0.797. The minimum Gasteiger partial charge on any atom is -0.493 e. The van der Waals surface area contributed by atoms with Crippen LogP contribution in [-0.2, 0) is 6.54 Å². The van der Waals surface area contributed by atoms with Crippen molar-refractivity contribution in [3.63, 3.8) is 0 Å². The lowest BCUT2D eigenvalue weighted by molar-refractivity contribution is 0.0786. The molecule has 1 aromatic heterocycles. The van der Waals surface area contributed by atoms with Crippen LogP contribution < -0.4 is 10.5 Å². The van der Waals surface area contributed by atoms with E-state index in [9.17, 15) is 4.79 Å². The molecule has 1 heterocycles. The summed E-state index contributed by atoms with van der Waals surface area (Å²) in [4.78, 5) is 15.1. The first-order valence-electron chi connectivity index (χ1n) is 7.45. The molecule has 118 valence electrons. The van der Waals surface area contributed by atoms with Gasteiger partial charge < -0.3 is 15.4 Å². The molecular formula is C15H26N4O2. The highest BCUT2D eigenvalue weighted by Gasteiger charge is 2.45. The van der Waals surface area contributed by atoms with Crippen molar-refractivity contribution in [2.45, 2.75) is 38.8 Å². The summed E-state index contributed by atoms with van der Waals surface area (Å²) in [6, 6.07) is -0.0908. The SMILES string of the molecule is COc1cnn(CCN(C)C)c1C(=O)C1(C)CCCC1N. The standard InChI is InChI=1S/C15H26N4O2/c1-15(7-5-6-12(15)16)14(20)13-11(21-4)10-17-19(13)9-8-18(2)3/h10,12H,5-9,16H2,1-4H3. The number of methoxy groups -OCH3 is 1. The minimum absolute atomic E-state index is 0.0561. The van der Waals surface area contributed by atoms with E-state index in [0.29, 0.717) is 18.0 Å². The smallest absolute Gasteiger partial charge is 0.192 e. The number of ether oxygens (including phenoxy) is 1. The molecule has 0 aliphatic heterocycles. The third kappa shape index (κ3) is 2.96. The molecule has 0 aromatic carbocycles. The predicted octanol–water partition coefficient (Wildman–Crippen LogP) is 1.15. The van der Waals surface area contributed by atoms with E-state index >= 15 is 0 Å². The number of rotatable bonds is 6. The number of Topliss-reactive ketones (excluding diaryl/α,β-unsaturated/α-hetero) is 1. The Hall–Kier alpha value is -1.40. The van der Waals surface area contributed by atoms with Crippen molar-refractivity contribution in [3.8, 4) is 5.75 Å². The van der Waals surface area contributed by atoms with Gasteiger partial charge in [0.1, 0.15) is 5.69 Å². The zero-order valence-electron chi connectivity index (χ0n) is 13.4. The number of aromatic nitrogens is 2. The number of hydrogen-bond acceptors (Lipinski definition) is 5. The van der Waals surface area contributed by atoms with E-state index in [0.717, 1.165) is 25.8 Å². The third-order valence-electron chi connectivity index (χ3n) is 4.55. The molecular weight excluding hydrogens is 268 g/mol. The Kier molecular flexibility index (Phi) is 4.68. The molecule has 6 heteroatoms. The number of nitrogens with two attached hydrogens (primary N) is 1. The summed E-state index contributed by atoms with van der Waals surface area (Å²) in [6.07, 6.45) is 4.34. The van der Waals surface area contributed by atoms with Gasteiger partial charge in [0.25, 0.3) is 0 Å². The first kappa shape index (κ1) is 16.0. The number of hydrogen-bond donors (Lipinski definition) is 1. The van der Waals surface area contributed by atoms with Crippen LogP contribution in [0.5, 0.6) is 5.75 Å². The summed E-state index contributed by atoms with van der Waals surface area (Å²) in [5.41, 5.74) is 6.23. The first-order chi connectivity index (χ1) is 9.90. The predicted molar refractivity (Wildman–Crippen MR) is 81.6 cm³/mol. The van der Waals surface area contributed by atoms with Gasteiger partial charge in [-0.2, -0.15) is 5.10 Å². The maximum atomic E-state index is 13.1. The van der Waals surface area contributed by atoms with Gasteiger partial charge in [-0.25, -0.2) is 0 Å². The lowest BCUT2D eigenvalue weighted by atomic mass is 9.79. The van der Waals surface area contributed by atoms with Crippen LogP contribution in [0.15, 0.2) is 6.20 Å². The summed E-state index contributed by atoms with van der Waals surface area (Å²) in [5.74, 6) is 0.597. The summed E-state index contributed by atoms with van der Waals surface area (Å²) >= 11 is 0. The fourth-order valence-electron chi connectivity index (χ4n) is 2.96. The van der Waals surface area contributed by atoms with Crippen molar-refractivity contribution in [2.75, 3.05) is 27.7 Å². The number of likely N-dealkylation sites (N-methyl/N-ethyl adjacent to an activating group) is 1. The minimum atomic E-state index is -0.511. The maximum Gasteiger partial charge on any atom is 0.192 e. The molecule has 2 atom stereocenters. The molecule has 21 heavy (non-hydrogen) atoms. The van der Waals surface area contributed by atoms with Crippen molar-refractivity contribution in [2.24, 2.45) is 11.1 Å². The molecule has 2 rings (SSSR count). The molecule has 1 saturated carbocycles. The van der Waals surface area contributed by atoms with E-state index in [-0.39, 0.29) is 11.8 Å². The van der Waals surface area contributed by atoms with Crippen molar-refractivity contribution < 1.29 is 9.53 Å². The van der Waals surface area contributed by atoms with Crippen LogP contribution in [0.1, 0.15) is 36.7 Å². The second-order valence-electron chi connectivity index (χ2n) is 6.33. The van der Waals surface area contributed by atoms with E-state index in [1.807, 2.05) is 21.0 Å². The lowest BCUT2D eigenvalue weighted by Crippen LogP contribution is -2.42.